The summed E-state index contributed by atoms with van der Waals surface area (Å²) in [6, 6.07) is 8.32. The molecule has 2 aromatic rings. The van der Waals surface area contributed by atoms with E-state index in [0.29, 0.717) is 5.92 Å². The zero-order chi connectivity index (χ0) is 12.3. The highest BCUT2D eigenvalue weighted by Gasteiger charge is 2.10. The Morgan fingerprint density at radius 3 is 2.82 bits per heavy atom. The van der Waals surface area contributed by atoms with Crippen molar-refractivity contribution >= 4 is 11.0 Å². The molecule has 2 rings (SSSR count). The molecule has 0 spiro atoms. The van der Waals surface area contributed by atoms with E-state index < -0.39 is 0 Å². The van der Waals surface area contributed by atoms with Crippen molar-refractivity contribution in [2.24, 2.45) is 13.0 Å². The topological polar surface area (TPSA) is 29.9 Å². The molecule has 0 fully saturated rings. The van der Waals surface area contributed by atoms with Crippen LogP contribution >= 0.6 is 0 Å². The van der Waals surface area contributed by atoms with E-state index in [0.717, 1.165) is 18.5 Å². The maximum absolute atomic E-state index is 4.70. The first-order valence-corrected chi connectivity index (χ1v) is 6.27. The molecule has 17 heavy (non-hydrogen) atoms. The minimum absolute atomic E-state index is 0.665. The molecule has 0 radical (unpaired) electrons. The number of imidazole rings is 1. The first kappa shape index (κ1) is 12.1. The molecular weight excluding hydrogens is 210 g/mol. The van der Waals surface area contributed by atoms with Crippen LogP contribution in [-0.4, -0.2) is 23.1 Å². The molecule has 1 unspecified atom stereocenters. The Morgan fingerprint density at radius 1 is 1.35 bits per heavy atom. The van der Waals surface area contributed by atoms with E-state index in [1.54, 1.807) is 0 Å². The number of nitrogens with one attached hydrogen (secondary N) is 1. The van der Waals surface area contributed by atoms with Crippen LogP contribution in [-0.2, 0) is 13.5 Å². The van der Waals surface area contributed by atoms with Gasteiger partial charge in [-0.15, -0.1) is 0 Å². The zero-order valence-corrected chi connectivity index (χ0v) is 10.9. The van der Waals surface area contributed by atoms with Crippen molar-refractivity contribution in [3.8, 4) is 0 Å². The van der Waals surface area contributed by atoms with Crippen LogP contribution in [0, 0.1) is 5.92 Å². The van der Waals surface area contributed by atoms with Gasteiger partial charge in [0.15, 0.2) is 0 Å². The van der Waals surface area contributed by atoms with Crippen molar-refractivity contribution in [3.63, 3.8) is 0 Å². The summed E-state index contributed by atoms with van der Waals surface area (Å²) in [5.41, 5.74) is 2.33. The standard InChI is InChI=1S/C14H21N3/c1-11(8-9-15-2)10-14-16-12-6-4-5-7-13(12)17(14)3/h4-7,11,15H,8-10H2,1-3H3. The molecule has 0 aliphatic rings. The van der Waals surface area contributed by atoms with Gasteiger partial charge in [-0.25, -0.2) is 4.98 Å². The molecule has 0 bridgehead atoms. The molecule has 1 heterocycles. The van der Waals surface area contributed by atoms with E-state index in [-0.39, 0.29) is 0 Å². The van der Waals surface area contributed by atoms with E-state index >= 15 is 0 Å². The average Bonchev–Trinajstić information content (AvgIpc) is 2.64. The normalized spacial score (nSPS) is 13.1. The zero-order valence-electron chi connectivity index (χ0n) is 10.9. The van der Waals surface area contributed by atoms with Crippen LogP contribution in [0.15, 0.2) is 24.3 Å². The predicted octanol–water partition coefficient (Wildman–Crippen LogP) is 2.36. The fourth-order valence-corrected chi connectivity index (χ4v) is 2.18. The maximum Gasteiger partial charge on any atom is 0.109 e. The van der Waals surface area contributed by atoms with E-state index in [1.807, 2.05) is 13.1 Å². The van der Waals surface area contributed by atoms with E-state index in [4.69, 9.17) is 4.98 Å². The Morgan fingerprint density at radius 2 is 2.12 bits per heavy atom. The van der Waals surface area contributed by atoms with Crippen molar-refractivity contribution in [1.29, 1.82) is 0 Å². The van der Waals surface area contributed by atoms with Gasteiger partial charge < -0.3 is 9.88 Å². The van der Waals surface area contributed by atoms with Crippen molar-refractivity contribution in [2.45, 2.75) is 19.8 Å². The lowest BCUT2D eigenvalue weighted by Gasteiger charge is -2.10. The number of hydrogen-bond donors (Lipinski definition) is 1. The van der Waals surface area contributed by atoms with Crippen LogP contribution in [0.25, 0.3) is 11.0 Å². The van der Waals surface area contributed by atoms with Crippen LogP contribution in [0.2, 0.25) is 0 Å². The minimum Gasteiger partial charge on any atom is -0.331 e. The van der Waals surface area contributed by atoms with Gasteiger partial charge in [-0.3, -0.25) is 0 Å². The second kappa shape index (κ2) is 5.32. The summed E-state index contributed by atoms with van der Waals surface area (Å²) in [7, 11) is 4.11. The number of rotatable bonds is 5. The molecule has 0 saturated carbocycles. The van der Waals surface area contributed by atoms with Crippen molar-refractivity contribution < 1.29 is 0 Å². The summed E-state index contributed by atoms with van der Waals surface area (Å²) in [6.07, 6.45) is 2.24. The van der Waals surface area contributed by atoms with Crippen LogP contribution in [0.4, 0.5) is 0 Å². The molecule has 3 heteroatoms. The summed E-state index contributed by atoms with van der Waals surface area (Å²) in [5.74, 6) is 1.85. The van der Waals surface area contributed by atoms with Gasteiger partial charge in [0.25, 0.3) is 0 Å². The van der Waals surface area contributed by atoms with Gasteiger partial charge in [-0.05, 0) is 38.1 Å². The van der Waals surface area contributed by atoms with Crippen LogP contribution < -0.4 is 5.32 Å². The van der Waals surface area contributed by atoms with Crippen LogP contribution in [0.3, 0.4) is 0 Å². The highest BCUT2D eigenvalue weighted by atomic mass is 15.1. The van der Waals surface area contributed by atoms with Crippen LogP contribution in [0.1, 0.15) is 19.2 Å². The van der Waals surface area contributed by atoms with E-state index in [9.17, 15) is 0 Å². The third-order valence-electron chi connectivity index (χ3n) is 3.30. The molecule has 1 atom stereocenters. The average molecular weight is 231 g/mol. The number of benzene rings is 1. The summed E-state index contributed by atoms with van der Waals surface area (Å²) in [4.78, 5) is 4.70. The molecular formula is C14H21N3. The minimum atomic E-state index is 0.665. The number of aryl methyl sites for hydroxylation is 1. The fourth-order valence-electron chi connectivity index (χ4n) is 2.18. The number of aromatic nitrogens is 2. The van der Waals surface area contributed by atoms with Gasteiger partial charge in [0, 0.05) is 13.5 Å². The molecule has 0 saturated heterocycles. The third-order valence-corrected chi connectivity index (χ3v) is 3.30. The molecule has 0 aliphatic carbocycles. The molecule has 3 nitrogen and oxygen atoms in total. The van der Waals surface area contributed by atoms with Crippen LogP contribution in [0.5, 0.6) is 0 Å². The Balaban J connectivity index is 2.16. The third kappa shape index (κ3) is 2.67. The summed E-state index contributed by atoms with van der Waals surface area (Å²) in [5, 5.41) is 3.20. The van der Waals surface area contributed by atoms with Crippen molar-refractivity contribution in [3.05, 3.63) is 30.1 Å². The highest BCUT2D eigenvalue weighted by Crippen LogP contribution is 2.17. The second-order valence-corrected chi connectivity index (χ2v) is 4.78. The monoisotopic (exact) mass is 231 g/mol. The van der Waals surface area contributed by atoms with E-state index in [2.05, 4.69) is 42.1 Å². The first-order valence-electron chi connectivity index (χ1n) is 6.27. The lowest BCUT2D eigenvalue weighted by atomic mass is 10.0. The molecule has 0 aliphatic heterocycles. The molecule has 1 aromatic carbocycles. The molecule has 0 amide bonds. The highest BCUT2D eigenvalue weighted by molar-refractivity contribution is 5.75. The first-order chi connectivity index (χ1) is 8.22. The predicted molar refractivity (Wildman–Crippen MR) is 72.1 cm³/mol. The van der Waals surface area contributed by atoms with Crippen molar-refractivity contribution in [2.75, 3.05) is 13.6 Å². The maximum atomic E-state index is 4.70. The molecule has 1 aromatic heterocycles. The molecule has 1 N–H and O–H groups in total. The van der Waals surface area contributed by atoms with Gasteiger partial charge in [-0.1, -0.05) is 19.1 Å². The summed E-state index contributed by atoms with van der Waals surface area (Å²) >= 11 is 0. The van der Waals surface area contributed by atoms with Crippen molar-refractivity contribution in [1.82, 2.24) is 14.9 Å². The quantitative estimate of drug-likeness (QED) is 0.856. The van der Waals surface area contributed by atoms with Gasteiger partial charge in [0.2, 0.25) is 0 Å². The van der Waals surface area contributed by atoms with Gasteiger partial charge >= 0.3 is 0 Å². The molecule has 92 valence electrons. The van der Waals surface area contributed by atoms with Gasteiger partial charge in [-0.2, -0.15) is 0 Å². The summed E-state index contributed by atoms with van der Waals surface area (Å²) in [6.45, 7) is 3.36. The second-order valence-electron chi connectivity index (χ2n) is 4.78. The Bertz CT molecular complexity index is 487. The summed E-state index contributed by atoms with van der Waals surface area (Å²) < 4.78 is 2.21. The SMILES string of the molecule is CNCCC(C)Cc1nc2ccccc2n1C. The van der Waals surface area contributed by atoms with Gasteiger partial charge in [0.05, 0.1) is 11.0 Å². The smallest absolute Gasteiger partial charge is 0.109 e. The fraction of sp³-hybridized carbons (Fsp3) is 0.500. The number of hydrogen-bond acceptors (Lipinski definition) is 2. The van der Waals surface area contributed by atoms with Gasteiger partial charge in [0.1, 0.15) is 5.82 Å². The largest absolute Gasteiger partial charge is 0.331 e. The number of para-hydroxylation sites is 2. The Hall–Kier alpha value is -1.35. The number of fused-ring (bicyclic) bond motifs is 1. The number of nitrogens with zero attached hydrogens (tertiary/aromatic N) is 2. The Labute approximate surface area is 103 Å². The lowest BCUT2D eigenvalue weighted by Crippen LogP contribution is -2.14. The Kier molecular flexibility index (Phi) is 3.79. The van der Waals surface area contributed by atoms with E-state index in [1.165, 1.54) is 17.8 Å². The lowest BCUT2D eigenvalue weighted by molar-refractivity contribution is 0.497.